The number of rotatable bonds is 3. The van der Waals surface area contributed by atoms with Gasteiger partial charge in [0.25, 0.3) is 0 Å². The molecule has 0 saturated carbocycles. The summed E-state index contributed by atoms with van der Waals surface area (Å²) in [6.45, 7) is 2.03. The summed E-state index contributed by atoms with van der Waals surface area (Å²) in [6, 6.07) is 6.21. The van der Waals surface area contributed by atoms with Gasteiger partial charge in [0.05, 0.1) is 6.61 Å². The van der Waals surface area contributed by atoms with Crippen LogP contribution in [0.3, 0.4) is 0 Å². The number of benzene rings is 1. The highest BCUT2D eigenvalue weighted by Crippen LogP contribution is 2.17. The van der Waals surface area contributed by atoms with Crippen LogP contribution in [-0.4, -0.2) is 73.1 Å². The topological polar surface area (TPSA) is 64.1 Å². The second-order valence-corrected chi connectivity index (χ2v) is 5.21. The van der Waals surface area contributed by atoms with E-state index in [1.807, 2.05) is 4.90 Å². The van der Waals surface area contributed by atoms with E-state index in [1.165, 1.54) is 29.0 Å². The van der Waals surface area contributed by atoms with E-state index >= 15 is 0 Å². The molecule has 120 valence electrons. The van der Waals surface area contributed by atoms with Crippen molar-refractivity contribution in [2.75, 3.05) is 51.3 Å². The molecule has 0 spiro atoms. The van der Waals surface area contributed by atoms with Crippen molar-refractivity contribution in [3.05, 3.63) is 30.1 Å². The van der Waals surface area contributed by atoms with E-state index < -0.39 is 11.8 Å². The molecular formula is C15H20FN3O3. The fourth-order valence-electron chi connectivity index (χ4n) is 2.37. The Labute approximate surface area is 128 Å². The first-order valence-electron chi connectivity index (χ1n) is 7.18. The van der Waals surface area contributed by atoms with Crippen molar-refractivity contribution in [1.29, 1.82) is 0 Å². The average Bonchev–Trinajstić information content (AvgIpc) is 2.54. The van der Waals surface area contributed by atoms with Crippen molar-refractivity contribution in [3.8, 4) is 0 Å². The molecule has 2 rings (SSSR count). The van der Waals surface area contributed by atoms with Crippen molar-refractivity contribution < 1.29 is 19.1 Å². The number of anilines is 1. The average molecular weight is 309 g/mol. The van der Waals surface area contributed by atoms with Crippen LogP contribution in [0.5, 0.6) is 0 Å². The van der Waals surface area contributed by atoms with E-state index in [1.54, 1.807) is 12.1 Å². The van der Waals surface area contributed by atoms with Gasteiger partial charge in [-0.3, -0.25) is 9.59 Å². The zero-order valence-corrected chi connectivity index (χ0v) is 12.5. The molecule has 0 atom stereocenters. The first-order valence-corrected chi connectivity index (χ1v) is 7.18. The predicted molar refractivity (Wildman–Crippen MR) is 79.9 cm³/mol. The highest BCUT2D eigenvalue weighted by atomic mass is 19.1. The highest BCUT2D eigenvalue weighted by Gasteiger charge is 2.28. The Bertz CT molecular complexity index is 527. The lowest BCUT2D eigenvalue weighted by Gasteiger charge is -2.36. The zero-order chi connectivity index (χ0) is 16.1. The lowest BCUT2D eigenvalue weighted by atomic mass is 10.2. The van der Waals surface area contributed by atoms with Crippen LogP contribution in [0.2, 0.25) is 0 Å². The van der Waals surface area contributed by atoms with Crippen molar-refractivity contribution in [2.45, 2.75) is 0 Å². The minimum absolute atomic E-state index is 0.139. The minimum atomic E-state index is -0.607. The summed E-state index contributed by atoms with van der Waals surface area (Å²) in [5, 5.41) is 8.81. The summed E-state index contributed by atoms with van der Waals surface area (Å²) in [5.74, 6) is -1.44. The Morgan fingerprint density at radius 2 is 1.77 bits per heavy atom. The molecule has 6 nitrogen and oxygen atoms in total. The number of piperazine rings is 1. The zero-order valence-electron chi connectivity index (χ0n) is 12.5. The van der Waals surface area contributed by atoms with Crippen molar-refractivity contribution in [3.63, 3.8) is 0 Å². The molecule has 1 N–H and O–H groups in total. The predicted octanol–water partition coefficient (Wildman–Crippen LogP) is -0.0750. The molecule has 0 radical (unpaired) electrons. The summed E-state index contributed by atoms with van der Waals surface area (Å²) in [4.78, 5) is 28.8. The van der Waals surface area contributed by atoms with Crippen LogP contribution < -0.4 is 4.90 Å². The molecule has 22 heavy (non-hydrogen) atoms. The molecule has 1 aromatic carbocycles. The Balaban J connectivity index is 1.90. The van der Waals surface area contributed by atoms with Gasteiger partial charge in [0.1, 0.15) is 5.82 Å². The Kier molecular flexibility index (Phi) is 5.32. The number of aliphatic hydroxyl groups excluding tert-OH is 1. The third-order valence-electron chi connectivity index (χ3n) is 3.72. The molecule has 2 amide bonds. The summed E-state index contributed by atoms with van der Waals surface area (Å²) >= 11 is 0. The maximum Gasteiger partial charge on any atom is 0.312 e. The van der Waals surface area contributed by atoms with Crippen LogP contribution in [0.4, 0.5) is 10.1 Å². The van der Waals surface area contributed by atoms with Gasteiger partial charge in [0.15, 0.2) is 0 Å². The molecule has 1 saturated heterocycles. The number of nitrogens with zero attached hydrogens (tertiary/aromatic N) is 3. The van der Waals surface area contributed by atoms with Crippen molar-refractivity contribution in [2.24, 2.45) is 0 Å². The van der Waals surface area contributed by atoms with E-state index in [4.69, 9.17) is 5.11 Å². The van der Waals surface area contributed by atoms with E-state index in [9.17, 15) is 14.0 Å². The quantitative estimate of drug-likeness (QED) is 0.794. The van der Waals surface area contributed by atoms with Crippen LogP contribution in [0.1, 0.15) is 0 Å². The number of amides is 2. The molecule has 1 fully saturated rings. The van der Waals surface area contributed by atoms with E-state index in [0.717, 1.165) is 5.69 Å². The summed E-state index contributed by atoms with van der Waals surface area (Å²) in [7, 11) is 1.49. The van der Waals surface area contributed by atoms with Gasteiger partial charge < -0.3 is 19.8 Å². The number of hydrogen-bond acceptors (Lipinski definition) is 4. The molecule has 1 aliphatic rings. The number of hydrogen-bond donors (Lipinski definition) is 1. The van der Waals surface area contributed by atoms with Crippen LogP contribution in [-0.2, 0) is 9.59 Å². The third-order valence-corrected chi connectivity index (χ3v) is 3.72. The largest absolute Gasteiger partial charge is 0.395 e. The smallest absolute Gasteiger partial charge is 0.312 e. The number of likely N-dealkylation sites (N-methyl/N-ethyl adjacent to an activating group) is 1. The SMILES string of the molecule is CN(CCO)C(=O)C(=O)N1CCN(c2ccc(F)cc2)CC1. The number of halogens is 1. The van der Waals surface area contributed by atoms with Crippen molar-refractivity contribution >= 4 is 17.5 Å². The van der Waals surface area contributed by atoms with Gasteiger partial charge in [-0.2, -0.15) is 0 Å². The van der Waals surface area contributed by atoms with Crippen molar-refractivity contribution in [1.82, 2.24) is 9.80 Å². The molecule has 0 unspecified atom stereocenters. The van der Waals surface area contributed by atoms with E-state index in [-0.39, 0.29) is 19.0 Å². The monoisotopic (exact) mass is 309 g/mol. The molecule has 1 aliphatic heterocycles. The van der Waals surface area contributed by atoms with E-state index in [2.05, 4.69) is 0 Å². The Hall–Kier alpha value is -2.15. The van der Waals surface area contributed by atoms with Gasteiger partial charge >= 0.3 is 11.8 Å². The van der Waals surface area contributed by atoms with E-state index in [0.29, 0.717) is 26.2 Å². The molecule has 0 aromatic heterocycles. The maximum atomic E-state index is 12.9. The molecule has 0 bridgehead atoms. The van der Waals surface area contributed by atoms with Crippen LogP contribution in [0.25, 0.3) is 0 Å². The highest BCUT2D eigenvalue weighted by molar-refractivity contribution is 6.34. The van der Waals surface area contributed by atoms with Gasteiger partial charge in [0.2, 0.25) is 0 Å². The first kappa shape index (κ1) is 16.2. The molecule has 1 aromatic rings. The van der Waals surface area contributed by atoms with Crippen LogP contribution in [0.15, 0.2) is 24.3 Å². The lowest BCUT2D eigenvalue weighted by molar-refractivity contribution is -0.151. The summed E-state index contributed by atoms with van der Waals surface area (Å²) in [5.41, 5.74) is 0.900. The number of aliphatic hydroxyl groups is 1. The standard InChI is InChI=1S/C15H20FN3O3/c1-17(10-11-20)14(21)15(22)19-8-6-18(7-9-19)13-4-2-12(16)3-5-13/h2-5,20H,6-11H2,1H3. The van der Waals surface area contributed by atoms with Gasteiger partial charge in [-0.15, -0.1) is 0 Å². The molecule has 7 heteroatoms. The fraction of sp³-hybridized carbons (Fsp3) is 0.467. The molecular weight excluding hydrogens is 289 g/mol. The number of carbonyl (C=O) groups excluding carboxylic acids is 2. The second kappa shape index (κ2) is 7.22. The first-order chi connectivity index (χ1) is 10.5. The van der Waals surface area contributed by atoms with Gasteiger partial charge in [-0.05, 0) is 24.3 Å². The normalized spacial score (nSPS) is 14.9. The lowest BCUT2D eigenvalue weighted by Crippen LogP contribution is -2.53. The van der Waals surface area contributed by atoms with Gasteiger partial charge in [-0.1, -0.05) is 0 Å². The fourth-order valence-corrected chi connectivity index (χ4v) is 2.37. The van der Waals surface area contributed by atoms with Gasteiger partial charge in [-0.25, -0.2) is 4.39 Å². The number of carbonyl (C=O) groups is 2. The Morgan fingerprint density at radius 3 is 2.32 bits per heavy atom. The van der Waals surface area contributed by atoms with Crippen LogP contribution >= 0.6 is 0 Å². The summed E-state index contributed by atoms with van der Waals surface area (Å²) < 4.78 is 12.9. The second-order valence-electron chi connectivity index (χ2n) is 5.21. The summed E-state index contributed by atoms with van der Waals surface area (Å²) in [6.07, 6.45) is 0. The molecule has 1 heterocycles. The molecule has 0 aliphatic carbocycles. The Morgan fingerprint density at radius 1 is 1.18 bits per heavy atom. The van der Waals surface area contributed by atoms with Crippen LogP contribution in [0, 0.1) is 5.82 Å². The van der Waals surface area contributed by atoms with Gasteiger partial charge in [0, 0.05) is 45.5 Å². The minimum Gasteiger partial charge on any atom is -0.395 e. The third kappa shape index (κ3) is 3.73. The maximum absolute atomic E-state index is 12.9.